The Hall–Kier alpha value is -5.96. The highest BCUT2D eigenvalue weighted by molar-refractivity contribution is 6.42. The van der Waals surface area contributed by atoms with Crippen LogP contribution in [0.5, 0.6) is 17.4 Å². The van der Waals surface area contributed by atoms with Gasteiger partial charge in [-0.1, -0.05) is 23.2 Å². The van der Waals surface area contributed by atoms with Gasteiger partial charge in [0.1, 0.15) is 17.2 Å². The first-order chi connectivity index (χ1) is 25.8. The monoisotopic (exact) mass is 774 g/mol. The van der Waals surface area contributed by atoms with Crippen molar-refractivity contribution in [1.29, 1.82) is 0 Å². The summed E-state index contributed by atoms with van der Waals surface area (Å²) in [6.45, 7) is 3.55. The van der Waals surface area contributed by atoms with E-state index in [4.69, 9.17) is 42.9 Å². The van der Waals surface area contributed by atoms with E-state index in [1.807, 2.05) is 52.9 Å². The van der Waals surface area contributed by atoms with Gasteiger partial charge in [-0.05, 0) is 60.7 Å². The number of hydrogen-bond donors (Lipinski definition) is 2. The number of pyridine rings is 2. The molecule has 0 radical (unpaired) electrons. The molecule has 0 unspecified atom stereocenters. The van der Waals surface area contributed by atoms with E-state index in [2.05, 4.69) is 14.9 Å². The van der Waals surface area contributed by atoms with Gasteiger partial charge in [-0.25, -0.2) is 14.6 Å². The number of aryl methyl sites for hydroxylation is 1. The lowest BCUT2D eigenvalue weighted by Gasteiger charge is -2.34. The minimum absolute atomic E-state index is 0.000171. The molecule has 1 fully saturated rings. The number of hydrogen-bond acceptors (Lipinski definition) is 9. The molecule has 54 heavy (non-hydrogen) atoms. The zero-order valence-electron chi connectivity index (χ0n) is 29.5. The van der Waals surface area contributed by atoms with Crippen LogP contribution in [-0.4, -0.2) is 98.6 Å². The van der Waals surface area contributed by atoms with Crippen LogP contribution in [0.15, 0.2) is 91.3 Å². The number of ether oxygens (including phenoxy) is 2. The predicted molar refractivity (Wildman–Crippen MR) is 203 cm³/mol. The molecule has 0 aliphatic carbocycles. The molecule has 14 nitrogen and oxygen atoms in total. The SMILES string of the molecule is COc1ccc(CN2CCN(C(=O)c3cc4cc(Oc5ccc(N(C)C(=O)c6ccc(Cl)c(Cl)c6)cn5)ccc4n3C)CC2)nc1.O=C(O)/C=C\C(=O)O. The Morgan fingerprint density at radius 3 is 2.13 bits per heavy atom. The first-order valence-electron chi connectivity index (χ1n) is 16.4. The molecule has 0 atom stereocenters. The topological polar surface area (TPSA) is 168 Å². The second-order valence-electron chi connectivity index (χ2n) is 12.0. The van der Waals surface area contributed by atoms with Gasteiger partial charge in [-0.2, -0.15) is 0 Å². The molecule has 0 spiro atoms. The van der Waals surface area contributed by atoms with Crippen LogP contribution < -0.4 is 14.4 Å². The lowest BCUT2D eigenvalue weighted by molar-refractivity contribution is -0.134. The van der Waals surface area contributed by atoms with Crippen LogP contribution in [0.4, 0.5) is 5.69 Å². The Morgan fingerprint density at radius 2 is 1.54 bits per heavy atom. The van der Waals surface area contributed by atoms with Crippen molar-refractivity contribution in [1.82, 2.24) is 24.3 Å². The van der Waals surface area contributed by atoms with Crippen molar-refractivity contribution in [3.05, 3.63) is 118 Å². The molecule has 2 aromatic carbocycles. The molecule has 1 aliphatic heterocycles. The second kappa shape index (κ2) is 17.7. The van der Waals surface area contributed by atoms with Crippen molar-refractivity contribution < 1.29 is 38.9 Å². The molecular formula is C38H36Cl2N6O8. The first-order valence-corrected chi connectivity index (χ1v) is 17.2. The summed E-state index contributed by atoms with van der Waals surface area (Å²) in [5.41, 5.74) is 3.51. The van der Waals surface area contributed by atoms with Gasteiger partial charge in [0, 0.05) is 81.5 Å². The molecule has 0 bridgehead atoms. The number of carbonyl (C=O) groups is 4. The lowest BCUT2D eigenvalue weighted by atomic mass is 10.2. The molecule has 280 valence electrons. The van der Waals surface area contributed by atoms with Gasteiger partial charge in [0.15, 0.2) is 0 Å². The number of benzene rings is 2. The molecule has 4 heterocycles. The van der Waals surface area contributed by atoms with Gasteiger partial charge in [0.05, 0.1) is 40.9 Å². The fourth-order valence-corrected chi connectivity index (χ4v) is 5.85. The zero-order chi connectivity index (χ0) is 38.9. The number of amides is 2. The average molecular weight is 776 g/mol. The van der Waals surface area contributed by atoms with Crippen molar-refractivity contribution in [2.75, 3.05) is 45.2 Å². The van der Waals surface area contributed by atoms with Crippen LogP contribution in [0.1, 0.15) is 26.5 Å². The molecule has 6 rings (SSSR count). The number of anilines is 1. The summed E-state index contributed by atoms with van der Waals surface area (Å²) in [6.07, 6.45) is 4.41. The predicted octanol–water partition coefficient (Wildman–Crippen LogP) is 6.02. The van der Waals surface area contributed by atoms with Crippen LogP contribution in [0.3, 0.4) is 0 Å². The van der Waals surface area contributed by atoms with E-state index in [1.54, 1.807) is 50.8 Å². The quantitative estimate of drug-likeness (QED) is 0.159. The number of nitrogens with zero attached hydrogens (tertiary/aromatic N) is 6. The summed E-state index contributed by atoms with van der Waals surface area (Å²) in [7, 11) is 5.18. The van der Waals surface area contributed by atoms with Gasteiger partial charge >= 0.3 is 11.9 Å². The van der Waals surface area contributed by atoms with Crippen molar-refractivity contribution in [3.63, 3.8) is 0 Å². The summed E-state index contributed by atoms with van der Waals surface area (Å²) in [4.78, 5) is 60.1. The van der Waals surface area contributed by atoms with E-state index in [1.165, 1.54) is 11.0 Å². The summed E-state index contributed by atoms with van der Waals surface area (Å²) in [5, 5.41) is 17.2. The Morgan fingerprint density at radius 1 is 0.833 bits per heavy atom. The fourth-order valence-electron chi connectivity index (χ4n) is 5.56. The standard InChI is InChI=1S/C34H32Cl2N6O4.C4H4O4/c1-39(33(43)22-4-9-28(35)29(36)17-22)25-6-11-32(38-19-25)46-26-8-10-30-23(16-26)18-31(40(30)2)34(44)42-14-12-41(13-15-42)21-24-5-7-27(45-3)20-37-24;5-3(6)1-2-4(7)8/h4-11,16-20H,12-15,21H2,1-3H3;1-2H,(H,5,6)(H,7,8)/b;2-1-. The van der Waals surface area contributed by atoms with Gasteiger partial charge in [0.2, 0.25) is 5.88 Å². The smallest absolute Gasteiger partial charge is 0.328 e. The molecule has 0 saturated carbocycles. The number of carboxylic acids is 2. The maximum absolute atomic E-state index is 13.5. The highest BCUT2D eigenvalue weighted by Gasteiger charge is 2.25. The van der Waals surface area contributed by atoms with Gasteiger partial charge in [0.25, 0.3) is 11.8 Å². The van der Waals surface area contributed by atoms with E-state index in [0.29, 0.717) is 63.9 Å². The highest BCUT2D eigenvalue weighted by Crippen LogP contribution is 2.29. The van der Waals surface area contributed by atoms with Crippen LogP contribution >= 0.6 is 23.2 Å². The molecule has 1 saturated heterocycles. The Balaban J connectivity index is 0.000000631. The number of halogens is 2. The normalized spacial score (nSPS) is 12.9. The van der Waals surface area contributed by atoms with Crippen LogP contribution in [0.25, 0.3) is 10.9 Å². The summed E-state index contributed by atoms with van der Waals surface area (Å²) < 4.78 is 13.1. The highest BCUT2D eigenvalue weighted by atomic mass is 35.5. The van der Waals surface area contributed by atoms with Crippen LogP contribution in [0, 0.1) is 0 Å². The molecule has 2 N–H and O–H groups in total. The number of carbonyl (C=O) groups excluding carboxylic acids is 2. The molecule has 16 heteroatoms. The number of rotatable bonds is 10. The maximum atomic E-state index is 13.5. The first kappa shape index (κ1) is 39.3. The number of fused-ring (bicyclic) bond motifs is 1. The molecule has 3 aromatic heterocycles. The van der Waals surface area contributed by atoms with Crippen molar-refractivity contribution in [2.24, 2.45) is 7.05 Å². The number of carboxylic acid groups (broad SMARTS) is 2. The third-order valence-electron chi connectivity index (χ3n) is 8.48. The van der Waals surface area contributed by atoms with E-state index in [-0.39, 0.29) is 11.8 Å². The molecular weight excluding hydrogens is 739 g/mol. The Kier molecular flexibility index (Phi) is 12.9. The van der Waals surface area contributed by atoms with E-state index < -0.39 is 11.9 Å². The third-order valence-corrected chi connectivity index (χ3v) is 9.22. The summed E-state index contributed by atoms with van der Waals surface area (Å²) in [5.74, 6) is -1.08. The van der Waals surface area contributed by atoms with Crippen molar-refractivity contribution in [3.8, 4) is 17.4 Å². The van der Waals surface area contributed by atoms with Crippen LogP contribution in [0.2, 0.25) is 10.0 Å². The van der Waals surface area contributed by atoms with Crippen molar-refractivity contribution in [2.45, 2.75) is 6.54 Å². The number of methoxy groups -OCH3 is 1. The molecule has 5 aromatic rings. The third kappa shape index (κ3) is 9.92. The second-order valence-corrected chi connectivity index (χ2v) is 12.8. The number of piperazine rings is 1. The van der Waals surface area contributed by atoms with Gasteiger partial charge < -0.3 is 34.1 Å². The number of aromatic nitrogens is 3. The van der Waals surface area contributed by atoms with E-state index in [0.717, 1.165) is 42.0 Å². The van der Waals surface area contributed by atoms with Crippen molar-refractivity contribution >= 4 is 63.5 Å². The van der Waals surface area contributed by atoms with E-state index in [9.17, 15) is 19.2 Å². The Labute approximate surface area is 320 Å². The minimum atomic E-state index is -1.26. The van der Waals surface area contributed by atoms with E-state index >= 15 is 0 Å². The summed E-state index contributed by atoms with van der Waals surface area (Å²) >= 11 is 12.1. The fraction of sp³-hybridized carbons (Fsp3) is 0.211. The van der Waals surface area contributed by atoms with Crippen LogP contribution in [-0.2, 0) is 23.2 Å². The Bertz CT molecular complexity index is 2170. The lowest BCUT2D eigenvalue weighted by Crippen LogP contribution is -2.48. The summed E-state index contributed by atoms with van der Waals surface area (Å²) in [6, 6.07) is 19.7. The number of aliphatic carboxylic acids is 2. The average Bonchev–Trinajstić information content (AvgIpc) is 3.50. The maximum Gasteiger partial charge on any atom is 0.328 e. The molecule has 1 aliphatic rings. The zero-order valence-corrected chi connectivity index (χ0v) is 31.0. The molecule has 2 amide bonds. The largest absolute Gasteiger partial charge is 0.495 e. The minimum Gasteiger partial charge on any atom is -0.495 e. The van der Waals surface area contributed by atoms with Gasteiger partial charge in [-0.3, -0.25) is 19.5 Å². The van der Waals surface area contributed by atoms with Gasteiger partial charge in [-0.15, -0.1) is 0 Å².